The van der Waals surface area contributed by atoms with Gasteiger partial charge in [-0.2, -0.15) is 10.5 Å². The van der Waals surface area contributed by atoms with Gasteiger partial charge in [-0.05, 0) is 17.7 Å². The molecule has 0 aromatic heterocycles. The number of hydrogen-bond donors (Lipinski definition) is 1. The predicted molar refractivity (Wildman–Crippen MR) is 68.8 cm³/mol. The quantitative estimate of drug-likeness (QED) is 0.829. The summed E-state index contributed by atoms with van der Waals surface area (Å²) in [4.78, 5) is 12.9. The van der Waals surface area contributed by atoms with Gasteiger partial charge in [-0.1, -0.05) is 23.7 Å². The molecule has 0 spiro atoms. The first-order valence-electron chi connectivity index (χ1n) is 5.53. The Morgan fingerprint density at radius 1 is 1.26 bits per heavy atom. The van der Waals surface area contributed by atoms with Gasteiger partial charge in [0, 0.05) is 5.02 Å². The smallest absolute Gasteiger partial charge is 0.227 e. The van der Waals surface area contributed by atoms with E-state index in [1.165, 1.54) is 0 Å². The van der Waals surface area contributed by atoms with Crippen LogP contribution in [0.25, 0.3) is 0 Å². The molecule has 0 radical (unpaired) electrons. The minimum Gasteiger partial charge on any atom is -0.388 e. The van der Waals surface area contributed by atoms with Gasteiger partial charge in [-0.15, -0.1) is 0 Å². The fourth-order valence-electron chi connectivity index (χ4n) is 1.50. The maximum Gasteiger partial charge on any atom is 0.227 e. The Morgan fingerprint density at radius 3 is 2.26 bits per heavy atom. The second-order valence-corrected chi connectivity index (χ2v) is 4.27. The molecule has 1 N–H and O–H groups in total. The van der Waals surface area contributed by atoms with Gasteiger partial charge in [0.25, 0.3) is 0 Å². The lowest BCUT2D eigenvalue weighted by Crippen LogP contribution is -2.32. The Hall–Kier alpha value is -2.08. The van der Waals surface area contributed by atoms with E-state index in [-0.39, 0.29) is 19.5 Å². The fourth-order valence-corrected chi connectivity index (χ4v) is 1.63. The van der Waals surface area contributed by atoms with Gasteiger partial charge in [0.15, 0.2) is 0 Å². The summed E-state index contributed by atoms with van der Waals surface area (Å²) >= 11 is 5.73. The Bertz CT molecular complexity index is 500. The summed E-state index contributed by atoms with van der Waals surface area (Å²) in [6.07, 6.45) is -1.16. The van der Waals surface area contributed by atoms with Crippen molar-refractivity contribution in [2.45, 2.75) is 12.5 Å². The lowest BCUT2D eigenvalue weighted by atomic mass is 10.1. The SMILES string of the molecule is N#CCN(CC#N)C(=O)CC(O)c1ccc(Cl)cc1. The van der Waals surface area contributed by atoms with Crippen molar-refractivity contribution >= 4 is 17.5 Å². The van der Waals surface area contributed by atoms with E-state index in [9.17, 15) is 9.90 Å². The summed E-state index contributed by atoms with van der Waals surface area (Å²) in [6.45, 7) is -0.334. The van der Waals surface area contributed by atoms with Crippen molar-refractivity contribution in [2.75, 3.05) is 13.1 Å². The summed E-state index contributed by atoms with van der Waals surface area (Å²) < 4.78 is 0. The molecule has 0 saturated heterocycles. The van der Waals surface area contributed by atoms with Crippen LogP contribution in [0.15, 0.2) is 24.3 Å². The van der Waals surface area contributed by atoms with Crippen LogP contribution < -0.4 is 0 Å². The molecule has 0 saturated carbocycles. The molecule has 6 heteroatoms. The van der Waals surface area contributed by atoms with Crippen molar-refractivity contribution in [3.8, 4) is 12.1 Å². The number of amides is 1. The molecule has 1 aromatic rings. The molecular formula is C13H12ClN3O2. The predicted octanol–water partition coefficient (Wildman–Crippen LogP) is 1.64. The summed E-state index contributed by atoms with van der Waals surface area (Å²) in [6, 6.07) is 10.1. The van der Waals surface area contributed by atoms with Crippen molar-refractivity contribution in [3.05, 3.63) is 34.9 Å². The topological polar surface area (TPSA) is 88.1 Å². The number of hydrogen-bond acceptors (Lipinski definition) is 4. The second-order valence-electron chi connectivity index (χ2n) is 3.84. The lowest BCUT2D eigenvalue weighted by Gasteiger charge is -2.18. The van der Waals surface area contributed by atoms with Crippen LogP contribution >= 0.6 is 11.6 Å². The van der Waals surface area contributed by atoms with Gasteiger partial charge in [0.05, 0.1) is 24.7 Å². The molecule has 0 heterocycles. The number of aliphatic hydroxyl groups is 1. The molecular weight excluding hydrogens is 266 g/mol. The standard InChI is InChI=1S/C13H12ClN3O2/c14-11-3-1-10(2-4-11)12(18)9-13(19)17(7-5-15)8-6-16/h1-4,12,18H,7-9H2. The highest BCUT2D eigenvalue weighted by Gasteiger charge is 2.18. The first-order valence-corrected chi connectivity index (χ1v) is 5.91. The van der Waals surface area contributed by atoms with Crippen LogP contribution in [-0.4, -0.2) is 29.0 Å². The third kappa shape index (κ3) is 4.59. The van der Waals surface area contributed by atoms with Gasteiger partial charge in [-0.25, -0.2) is 0 Å². The van der Waals surface area contributed by atoms with Crippen LogP contribution in [0.5, 0.6) is 0 Å². The maximum atomic E-state index is 11.8. The van der Waals surface area contributed by atoms with Crippen molar-refractivity contribution in [2.24, 2.45) is 0 Å². The zero-order chi connectivity index (χ0) is 14.3. The molecule has 0 aliphatic rings. The number of aliphatic hydroxyl groups excluding tert-OH is 1. The third-order valence-corrected chi connectivity index (χ3v) is 2.75. The molecule has 1 atom stereocenters. The van der Waals surface area contributed by atoms with E-state index in [1.54, 1.807) is 24.3 Å². The average molecular weight is 278 g/mol. The molecule has 19 heavy (non-hydrogen) atoms. The third-order valence-electron chi connectivity index (χ3n) is 2.50. The van der Waals surface area contributed by atoms with Crippen LogP contribution in [0.4, 0.5) is 0 Å². The van der Waals surface area contributed by atoms with E-state index in [1.807, 2.05) is 12.1 Å². The molecule has 1 unspecified atom stereocenters. The van der Waals surface area contributed by atoms with Crippen LogP contribution in [0.1, 0.15) is 18.1 Å². The number of rotatable bonds is 5. The van der Waals surface area contributed by atoms with Crippen molar-refractivity contribution in [3.63, 3.8) is 0 Å². The largest absolute Gasteiger partial charge is 0.388 e. The summed E-state index contributed by atoms with van der Waals surface area (Å²) in [5.41, 5.74) is 0.562. The Morgan fingerprint density at radius 2 is 1.79 bits per heavy atom. The van der Waals surface area contributed by atoms with Gasteiger partial charge < -0.3 is 10.0 Å². The molecule has 0 bridgehead atoms. The molecule has 0 aliphatic carbocycles. The van der Waals surface area contributed by atoms with Gasteiger partial charge in [0.1, 0.15) is 13.1 Å². The minimum atomic E-state index is -0.982. The first-order chi connectivity index (χ1) is 9.08. The van der Waals surface area contributed by atoms with Crippen LogP contribution in [0.3, 0.4) is 0 Å². The highest BCUT2D eigenvalue weighted by atomic mass is 35.5. The summed E-state index contributed by atoms with van der Waals surface area (Å²) in [7, 11) is 0. The van der Waals surface area contributed by atoms with E-state index < -0.39 is 12.0 Å². The second kappa shape index (κ2) is 7.38. The summed E-state index contributed by atoms with van der Waals surface area (Å²) in [5.74, 6) is -0.439. The molecule has 5 nitrogen and oxygen atoms in total. The lowest BCUT2D eigenvalue weighted by molar-refractivity contribution is -0.132. The molecule has 1 rings (SSSR count). The Kier molecular flexibility index (Phi) is 5.81. The Labute approximate surface area is 116 Å². The van der Waals surface area contributed by atoms with Crippen LogP contribution in [0, 0.1) is 22.7 Å². The van der Waals surface area contributed by atoms with Crippen molar-refractivity contribution < 1.29 is 9.90 Å². The molecule has 1 aromatic carbocycles. The highest BCUT2D eigenvalue weighted by molar-refractivity contribution is 6.30. The number of carbonyl (C=O) groups is 1. The zero-order valence-electron chi connectivity index (χ0n) is 10.1. The molecule has 1 amide bonds. The monoisotopic (exact) mass is 277 g/mol. The van der Waals surface area contributed by atoms with Crippen LogP contribution in [0.2, 0.25) is 5.02 Å². The van der Waals surface area contributed by atoms with Gasteiger partial charge in [-0.3, -0.25) is 4.79 Å². The van der Waals surface area contributed by atoms with E-state index in [2.05, 4.69) is 0 Å². The van der Waals surface area contributed by atoms with Gasteiger partial charge in [0.2, 0.25) is 5.91 Å². The molecule has 0 fully saturated rings. The molecule has 0 aliphatic heterocycles. The number of nitrogens with zero attached hydrogens (tertiary/aromatic N) is 3. The first kappa shape index (κ1) is 15.0. The fraction of sp³-hybridized carbons (Fsp3) is 0.308. The average Bonchev–Trinajstić information content (AvgIpc) is 2.39. The highest BCUT2D eigenvalue weighted by Crippen LogP contribution is 2.19. The van der Waals surface area contributed by atoms with Crippen molar-refractivity contribution in [1.82, 2.24) is 4.90 Å². The molecule has 98 valence electrons. The summed E-state index contributed by atoms with van der Waals surface area (Å²) in [5, 5.41) is 27.6. The number of benzene rings is 1. The number of carbonyl (C=O) groups excluding carboxylic acids is 1. The number of halogens is 1. The van der Waals surface area contributed by atoms with Crippen LogP contribution in [-0.2, 0) is 4.79 Å². The maximum absolute atomic E-state index is 11.8. The van der Waals surface area contributed by atoms with E-state index >= 15 is 0 Å². The van der Waals surface area contributed by atoms with Crippen molar-refractivity contribution in [1.29, 1.82) is 10.5 Å². The normalized spacial score (nSPS) is 11.2. The number of nitriles is 2. The van der Waals surface area contributed by atoms with Gasteiger partial charge >= 0.3 is 0 Å². The zero-order valence-corrected chi connectivity index (χ0v) is 10.8. The van der Waals surface area contributed by atoms with E-state index in [4.69, 9.17) is 22.1 Å². The minimum absolute atomic E-state index is 0.167. The van der Waals surface area contributed by atoms with E-state index in [0.717, 1.165) is 4.90 Å². The Balaban J connectivity index is 2.67. The van der Waals surface area contributed by atoms with E-state index in [0.29, 0.717) is 10.6 Å².